The van der Waals surface area contributed by atoms with Crippen molar-refractivity contribution in [3.05, 3.63) is 0 Å². The fourth-order valence-electron chi connectivity index (χ4n) is 4.05. The van der Waals surface area contributed by atoms with Gasteiger partial charge in [0.15, 0.2) is 0 Å². The maximum atomic E-state index is 5.66. The van der Waals surface area contributed by atoms with E-state index in [1.165, 1.54) is 36.5 Å². The number of unbranched alkanes of at least 4 members (excludes halogenated alkanes) is 6. The van der Waals surface area contributed by atoms with Gasteiger partial charge < -0.3 is 61.6 Å². The van der Waals surface area contributed by atoms with Crippen molar-refractivity contribution >= 4 is 34.2 Å². The average Bonchev–Trinajstić information content (AvgIpc) is 3.14. The highest BCUT2D eigenvalue weighted by Crippen LogP contribution is 2.02. The predicted molar refractivity (Wildman–Crippen MR) is 207 cm³/mol. The first-order valence-corrected chi connectivity index (χ1v) is 21.1. The minimum absolute atomic E-state index is 0.514. The summed E-state index contributed by atoms with van der Waals surface area (Å²) in [7, 11) is 0. The van der Waals surface area contributed by atoms with Crippen LogP contribution in [0.4, 0.5) is 0 Å². The van der Waals surface area contributed by atoms with Crippen molar-refractivity contribution < 1.29 is 61.6 Å². The Morgan fingerprint density at radius 3 is 0.588 bits per heavy atom. The van der Waals surface area contributed by atoms with Crippen LogP contribution in [0.1, 0.15) is 51.4 Å². The molecule has 0 heterocycles. The average molecular weight is 875 g/mol. The summed E-state index contributed by atoms with van der Waals surface area (Å²) in [5.41, 5.74) is 0. The van der Waals surface area contributed by atoms with E-state index in [0.29, 0.717) is 159 Å². The van der Waals surface area contributed by atoms with Crippen LogP contribution >= 0.6 is 34.2 Å². The molecular weight excluding hydrogens is 803 g/mol. The Bertz CT molecular complexity index is 557. The number of hydrogen-bond donors (Lipinski definition) is 0. The van der Waals surface area contributed by atoms with E-state index in [-0.39, 0.29) is 0 Å². The SMILES string of the molecule is ClCCCCCCOCCOCCOCCOCCOCCOCCOCCOCCOCCOCCOCCOCCOCCCCCCI. The van der Waals surface area contributed by atoms with E-state index in [9.17, 15) is 0 Å². The number of ether oxygens (including phenoxy) is 13. The quantitative estimate of drug-likeness (QED) is 0.0465. The third-order valence-corrected chi connectivity index (χ3v) is 7.84. The van der Waals surface area contributed by atoms with Gasteiger partial charge in [0.2, 0.25) is 0 Å². The first-order chi connectivity index (χ1) is 25.4. The van der Waals surface area contributed by atoms with E-state index in [4.69, 9.17) is 73.2 Å². The van der Waals surface area contributed by atoms with Crippen LogP contribution < -0.4 is 0 Å². The third kappa shape index (κ3) is 50.5. The van der Waals surface area contributed by atoms with Crippen LogP contribution in [0.15, 0.2) is 0 Å². The summed E-state index contributed by atoms with van der Waals surface area (Å²) in [4.78, 5) is 0. The lowest BCUT2D eigenvalue weighted by Crippen LogP contribution is -2.15. The van der Waals surface area contributed by atoms with Gasteiger partial charge in [0.05, 0.1) is 159 Å². The summed E-state index contributed by atoms with van der Waals surface area (Å²) in [5, 5.41) is 0. The summed E-state index contributed by atoms with van der Waals surface area (Å²) in [5.74, 6) is 0.743. The predicted octanol–water partition coefficient (Wildman–Crippen LogP) is 5.00. The topological polar surface area (TPSA) is 120 Å². The molecular formula is C36H72ClIO13. The van der Waals surface area contributed by atoms with E-state index < -0.39 is 0 Å². The highest BCUT2D eigenvalue weighted by molar-refractivity contribution is 14.1. The largest absolute Gasteiger partial charge is 0.379 e. The second kappa shape index (κ2) is 50.5. The van der Waals surface area contributed by atoms with E-state index in [2.05, 4.69) is 22.6 Å². The monoisotopic (exact) mass is 874 g/mol. The summed E-state index contributed by atoms with van der Waals surface area (Å²) in [6.07, 6.45) is 9.47. The fraction of sp³-hybridized carbons (Fsp3) is 1.00. The van der Waals surface area contributed by atoms with Gasteiger partial charge >= 0.3 is 0 Å². The van der Waals surface area contributed by atoms with Gasteiger partial charge in [0, 0.05) is 19.1 Å². The Morgan fingerprint density at radius 1 is 0.216 bits per heavy atom. The van der Waals surface area contributed by atoms with Crippen molar-refractivity contribution in [2.24, 2.45) is 0 Å². The summed E-state index contributed by atoms with van der Waals surface area (Å²) >= 11 is 8.08. The Kier molecular flexibility index (Phi) is 51.0. The number of halogens is 2. The van der Waals surface area contributed by atoms with Crippen LogP contribution in [0.2, 0.25) is 0 Å². The van der Waals surface area contributed by atoms with Gasteiger partial charge in [0.25, 0.3) is 0 Å². The molecule has 13 nitrogen and oxygen atoms in total. The Morgan fingerprint density at radius 2 is 0.392 bits per heavy atom. The van der Waals surface area contributed by atoms with Crippen molar-refractivity contribution in [2.75, 3.05) is 182 Å². The lowest BCUT2D eigenvalue weighted by Gasteiger charge is -2.09. The smallest absolute Gasteiger partial charge is 0.0701 e. The summed E-state index contributed by atoms with van der Waals surface area (Å²) < 4.78 is 72.8. The minimum Gasteiger partial charge on any atom is -0.379 e. The van der Waals surface area contributed by atoms with Gasteiger partial charge in [-0.1, -0.05) is 48.3 Å². The first-order valence-electron chi connectivity index (χ1n) is 19.0. The number of hydrogen-bond acceptors (Lipinski definition) is 13. The normalized spacial score (nSPS) is 11.6. The van der Waals surface area contributed by atoms with Crippen molar-refractivity contribution in [3.8, 4) is 0 Å². The van der Waals surface area contributed by atoms with Crippen LogP contribution in [0.25, 0.3) is 0 Å². The maximum Gasteiger partial charge on any atom is 0.0701 e. The van der Waals surface area contributed by atoms with E-state index >= 15 is 0 Å². The van der Waals surface area contributed by atoms with Crippen LogP contribution in [0.5, 0.6) is 0 Å². The van der Waals surface area contributed by atoms with E-state index in [0.717, 1.165) is 38.4 Å². The Balaban J connectivity index is 3.04. The highest BCUT2D eigenvalue weighted by Gasteiger charge is 1.98. The zero-order valence-corrected chi connectivity index (χ0v) is 34.4. The summed E-state index contributed by atoms with van der Waals surface area (Å²) in [6.45, 7) is 14.6. The zero-order chi connectivity index (χ0) is 36.6. The molecule has 0 radical (unpaired) electrons. The van der Waals surface area contributed by atoms with Gasteiger partial charge in [-0.3, -0.25) is 0 Å². The molecule has 308 valence electrons. The lowest BCUT2D eigenvalue weighted by molar-refractivity contribution is -0.0290. The molecule has 0 aliphatic rings. The molecule has 0 aliphatic carbocycles. The van der Waals surface area contributed by atoms with Gasteiger partial charge in [-0.05, 0) is 30.1 Å². The molecule has 0 saturated carbocycles. The van der Waals surface area contributed by atoms with Crippen molar-refractivity contribution in [3.63, 3.8) is 0 Å². The highest BCUT2D eigenvalue weighted by atomic mass is 127. The van der Waals surface area contributed by atoms with Gasteiger partial charge in [-0.2, -0.15) is 0 Å². The number of alkyl halides is 2. The van der Waals surface area contributed by atoms with Gasteiger partial charge in [0.1, 0.15) is 0 Å². The third-order valence-electron chi connectivity index (χ3n) is 6.81. The molecule has 0 bridgehead atoms. The Labute approximate surface area is 328 Å². The van der Waals surface area contributed by atoms with Gasteiger partial charge in [-0.25, -0.2) is 0 Å². The molecule has 0 aliphatic heterocycles. The second-order valence-electron chi connectivity index (χ2n) is 11.2. The minimum atomic E-state index is 0.514. The molecule has 0 saturated heterocycles. The first kappa shape index (κ1) is 51.5. The van der Waals surface area contributed by atoms with Crippen LogP contribution in [-0.4, -0.2) is 182 Å². The molecule has 0 unspecified atom stereocenters. The zero-order valence-electron chi connectivity index (χ0n) is 31.5. The molecule has 0 rings (SSSR count). The maximum absolute atomic E-state index is 5.66. The molecule has 0 N–H and O–H groups in total. The summed E-state index contributed by atoms with van der Waals surface area (Å²) in [6, 6.07) is 0. The molecule has 0 spiro atoms. The molecule has 0 aromatic heterocycles. The van der Waals surface area contributed by atoms with Crippen LogP contribution in [-0.2, 0) is 61.6 Å². The van der Waals surface area contributed by atoms with Crippen molar-refractivity contribution in [1.29, 1.82) is 0 Å². The molecule has 15 heteroatoms. The molecule has 51 heavy (non-hydrogen) atoms. The van der Waals surface area contributed by atoms with E-state index in [1.807, 2.05) is 0 Å². The fourth-order valence-corrected chi connectivity index (χ4v) is 4.77. The van der Waals surface area contributed by atoms with Crippen LogP contribution in [0, 0.1) is 0 Å². The molecule has 0 fully saturated rings. The standard InChI is InChI=1S/C36H72ClIO13/c37-9-5-1-3-7-11-39-13-15-41-17-19-43-21-23-45-25-27-47-29-31-49-33-35-51-36-34-50-32-30-48-28-26-46-24-22-44-20-18-42-16-14-40-12-8-4-2-6-10-38/h1-36H2. The van der Waals surface area contributed by atoms with Gasteiger partial charge in [-0.15, -0.1) is 11.6 Å². The molecule has 0 amide bonds. The lowest BCUT2D eigenvalue weighted by atomic mass is 10.2. The van der Waals surface area contributed by atoms with Crippen LogP contribution in [0.3, 0.4) is 0 Å². The van der Waals surface area contributed by atoms with E-state index in [1.54, 1.807) is 0 Å². The number of rotatable bonds is 48. The molecule has 0 atom stereocenters. The second-order valence-corrected chi connectivity index (χ2v) is 12.6. The molecule has 0 aromatic carbocycles. The van der Waals surface area contributed by atoms with Crippen molar-refractivity contribution in [1.82, 2.24) is 0 Å². The van der Waals surface area contributed by atoms with Crippen molar-refractivity contribution in [2.45, 2.75) is 51.4 Å². The Hall–Kier alpha value is 0.500. The molecule has 0 aromatic rings.